The standard InChI is InChI=1S/C23H33NO4/c1-4-5-6-7-8-17(2)15-18(3)9-14-22(26)24-21(23(27)28)16-19-10-12-20(25)13-11-19/h9-15,17,21,25H,4-8,16H2,1-3H3,(H,24,26)(H,27,28)/b14-9+,18-15+/t17-,21-/m0/s1. The number of aromatic hydroxyl groups is 1. The van der Waals surface area contributed by atoms with E-state index in [-0.39, 0.29) is 12.2 Å². The summed E-state index contributed by atoms with van der Waals surface area (Å²) in [4.78, 5) is 23.5. The van der Waals surface area contributed by atoms with Crippen LogP contribution in [0.5, 0.6) is 5.75 Å². The summed E-state index contributed by atoms with van der Waals surface area (Å²) in [5, 5.41) is 21.2. The highest BCUT2D eigenvalue weighted by Gasteiger charge is 2.19. The fraction of sp³-hybridized carbons (Fsp3) is 0.478. The monoisotopic (exact) mass is 387 g/mol. The van der Waals surface area contributed by atoms with Gasteiger partial charge in [-0.15, -0.1) is 0 Å². The molecule has 2 atom stereocenters. The lowest BCUT2D eigenvalue weighted by molar-refractivity contribution is -0.141. The highest BCUT2D eigenvalue weighted by Crippen LogP contribution is 2.14. The van der Waals surface area contributed by atoms with Crippen molar-refractivity contribution in [3.05, 3.63) is 53.6 Å². The Hall–Kier alpha value is -2.56. The van der Waals surface area contributed by atoms with Gasteiger partial charge in [0.1, 0.15) is 11.8 Å². The smallest absolute Gasteiger partial charge is 0.326 e. The number of unbranched alkanes of at least 4 members (excludes halogenated alkanes) is 3. The molecular weight excluding hydrogens is 354 g/mol. The maximum atomic E-state index is 12.1. The number of hydrogen-bond donors (Lipinski definition) is 3. The largest absolute Gasteiger partial charge is 0.508 e. The Morgan fingerprint density at radius 1 is 1.11 bits per heavy atom. The highest BCUT2D eigenvalue weighted by atomic mass is 16.4. The van der Waals surface area contributed by atoms with E-state index >= 15 is 0 Å². The average Bonchev–Trinajstić information content (AvgIpc) is 2.64. The van der Waals surface area contributed by atoms with Gasteiger partial charge in [0.25, 0.3) is 0 Å². The van der Waals surface area contributed by atoms with E-state index in [4.69, 9.17) is 0 Å². The fourth-order valence-electron chi connectivity index (χ4n) is 2.98. The number of carboxylic acid groups (broad SMARTS) is 1. The second-order valence-corrected chi connectivity index (χ2v) is 7.34. The van der Waals surface area contributed by atoms with E-state index in [1.165, 1.54) is 43.9 Å². The summed E-state index contributed by atoms with van der Waals surface area (Å²) < 4.78 is 0. The molecule has 5 nitrogen and oxygen atoms in total. The Balaban J connectivity index is 2.55. The molecule has 0 radical (unpaired) electrons. The number of nitrogens with one attached hydrogen (secondary N) is 1. The molecule has 1 rings (SSSR count). The van der Waals surface area contributed by atoms with Crippen LogP contribution in [0.4, 0.5) is 0 Å². The van der Waals surface area contributed by atoms with Gasteiger partial charge in [0, 0.05) is 12.5 Å². The number of phenols is 1. The number of carboxylic acids is 1. The van der Waals surface area contributed by atoms with Gasteiger partial charge >= 0.3 is 5.97 Å². The van der Waals surface area contributed by atoms with Crippen molar-refractivity contribution in [3.63, 3.8) is 0 Å². The van der Waals surface area contributed by atoms with E-state index in [1.807, 2.05) is 6.92 Å². The number of amides is 1. The molecule has 28 heavy (non-hydrogen) atoms. The zero-order valence-corrected chi connectivity index (χ0v) is 17.1. The zero-order chi connectivity index (χ0) is 20.9. The molecule has 0 aliphatic rings. The molecule has 1 amide bonds. The minimum atomic E-state index is -1.09. The summed E-state index contributed by atoms with van der Waals surface area (Å²) in [6, 6.07) is 5.24. The van der Waals surface area contributed by atoms with Crippen LogP contribution in [0.15, 0.2) is 48.1 Å². The van der Waals surface area contributed by atoms with Crippen molar-refractivity contribution in [3.8, 4) is 5.75 Å². The molecule has 0 heterocycles. The maximum Gasteiger partial charge on any atom is 0.326 e. The first-order valence-electron chi connectivity index (χ1n) is 9.99. The first-order chi connectivity index (χ1) is 13.3. The van der Waals surface area contributed by atoms with Crippen molar-refractivity contribution < 1.29 is 19.8 Å². The number of allylic oxidation sites excluding steroid dienone is 3. The second-order valence-electron chi connectivity index (χ2n) is 7.34. The van der Waals surface area contributed by atoms with Crippen molar-refractivity contribution in [2.24, 2.45) is 5.92 Å². The molecule has 0 aromatic heterocycles. The Bertz CT molecular complexity index is 676. The quantitative estimate of drug-likeness (QED) is 0.278. The maximum absolute atomic E-state index is 12.1. The van der Waals surface area contributed by atoms with Crippen molar-refractivity contribution in [2.75, 3.05) is 0 Å². The highest BCUT2D eigenvalue weighted by molar-refractivity contribution is 5.91. The lowest BCUT2D eigenvalue weighted by atomic mass is 10.00. The summed E-state index contributed by atoms with van der Waals surface area (Å²) in [5.74, 6) is -0.965. The summed E-state index contributed by atoms with van der Waals surface area (Å²) >= 11 is 0. The molecule has 3 N–H and O–H groups in total. The molecule has 1 aromatic carbocycles. The topological polar surface area (TPSA) is 86.6 Å². The van der Waals surface area contributed by atoms with E-state index in [0.717, 1.165) is 17.6 Å². The minimum absolute atomic E-state index is 0.115. The van der Waals surface area contributed by atoms with Gasteiger partial charge in [0.15, 0.2) is 0 Å². The average molecular weight is 388 g/mol. The Labute approximate surface area is 168 Å². The van der Waals surface area contributed by atoms with Gasteiger partial charge in [0.05, 0.1) is 0 Å². The lowest BCUT2D eigenvalue weighted by Gasteiger charge is -2.13. The third kappa shape index (κ3) is 9.95. The molecule has 1 aromatic rings. The van der Waals surface area contributed by atoms with Crippen LogP contribution < -0.4 is 5.32 Å². The molecule has 0 saturated heterocycles. The van der Waals surface area contributed by atoms with Crippen LogP contribution in [0.2, 0.25) is 0 Å². The number of carbonyl (C=O) groups is 2. The van der Waals surface area contributed by atoms with Crippen LogP contribution in [-0.2, 0) is 16.0 Å². The molecule has 0 saturated carbocycles. The number of benzene rings is 1. The Morgan fingerprint density at radius 3 is 2.39 bits per heavy atom. The SMILES string of the molecule is CCCCCC[C@H](C)/C=C(C)/C=C/C(=O)N[C@@H](Cc1ccc(O)cc1)C(=O)O. The zero-order valence-electron chi connectivity index (χ0n) is 17.1. The van der Waals surface area contributed by atoms with Crippen molar-refractivity contribution in [1.82, 2.24) is 5.32 Å². The molecule has 0 unspecified atom stereocenters. The van der Waals surface area contributed by atoms with Crippen LogP contribution in [0.1, 0.15) is 58.4 Å². The summed E-state index contributed by atoms with van der Waals surface area (Å²) in [5.41, 5.74) is 1.71. The van der Waals surface area contributed by atoms with Crippen molar-refractivity contribution in [1.29, 1.82) is 0 Å². The molecule has 0 fully saturated rings. The number of hydrogen-bond acceptors (Lipinski definition) is 3. The van der Waals surface area contributed by atoms with Gasteiger partial charge in [-0.2, -0.15) is 0 Å². The fourth-order valence-corrected chi connectivity index (χ4v) is 2.98. The van der Waals surface area contributed by atoms with Crippen molar-refractivity contribution in [2.45, 2.75) is 65.3 Å². The molecule has 0 aliphatic carbocycles. The van der Waals surface area contributed by atoms with Gasteiger partial charge in [-0.25, -0.2) is 4.79 Å². The van der Waals surface area contributed by atoms with E-state index < -0.39 is 17.9 Å². The van der Waals surface area contributed by atoms with Gasteiger partial charge in [-0.3, -0.25) is 4.79 Å². The number of phenolic OH excluding ortho intramolecular Hbond substituents is 1. The second kappa shape index (κ2) is 12.8. The van der Waals surface area contributed by atoms with E-state index in [1.54, 1.807) is 18.2 Å². The third-order valence-corrected chi connectivity index (χ3v) is 4.55. The molecule has 0 aliphatic heterocycles. The summed E-state index contributed by atoms with van der Waals surface area (Å²) in [6.07, 6.45) is 11.5. The first kappa shape index (κ1) is 23.5. The minimum Gasteiger partial charge on any atom is -0.508 e. The third-order valence-electron chi connectivity index (χ3n) is 4.55. The van der Waals surface area contributed by atoms with Crippen LogP contribution >= 0.6 is 0 Å². The first-order valence-corrected chi connectivity index (χ1v) is 9.99. The van der Waals surface area contributed by atoms with Gasteiger partial charge in [0.2, 0.25) is 5.91 Å². The van der Waals surface area contributed by atoms with Crippen LogP contribution in [0, 0.1) is 5.92 Å². The Morgan fingerprint density at radius 2 is 1.79 bits per heavy atom. The predicted molar refractivity (Wildman–Crippen MR) is 112 cm³/mol. The van der Waals surface area contributed by atoms with Gasteiger partial charge < -0.3 is 15.5 Å². The lowest BCUT2D eigenvalue weighted by Crippen LogP contribution is -2.41. The van der Waals surface area contributed by atoms with Crippen LogP contribution in [-0.4, -0.2) is 28.1 Å². The van der Waals surface area contributed by atoms with Gasteiger partial charge in [-0.1, -0.05) is 69.4 Å². The molecule has 5 heteroatoms. The van der Waals surface area contributed by atoms with E-state index in [0.29, 0.717) is 5.92 Å². The van der Waals surface area contributed by atoms with E-state index in [2.05, 4.69) is 25.2 Å². The normalized spacial score (nSPS) is 14.0. The van der Waals surface area contributed by atoms with Gasteiger partial charge in [-0.05, 0) is 37.0 Å². The number of rotatable bonds is 12. The summed E-state index contributed by atoms with van der Waals surface area (Å²) in [7, 11) is 0. The van der Waals surface area contributed by atoms with E-state index in [9.17, 15) is 19.8 Å². The molecule has 154 valence electrons. The Kier molecular flexibility index (Phi) is 10.7. The number of carbonyl (C=O) groups excluding carboxylic acids is 1. The molecular formula is C23H33NO4. The number of aliphatic carboxylic acids is 1. The predicted octanol–water partition coefficient (Wildman–Crippen LogP) is 4.61. The molecule has 0 spiro atoms. The summed E-state index contributed by atoms with van der Waals surface area (Å²) in [6.45, 7) is 6.31. The van der Waals surface area contributed by atoms with Crippen molar-refractivity contribution >= 4 is 11.9 Å². The van der Waals surface area contributed by atoms with Crippen LogP contribution in [0.25, 0.3) is 0 Å². The van der Waals surface area contributed by atoms with Crippen LogP contribution in [0.3, 0.4) is 0 Å². The molecule has 0 bridgehead atoms.